The number of esters is 1. The van der Waals surface area contributed by atoms with Crippen molar-refractivity contribution in [3.63, 3.8) is 0 Å². The molecule has 8 heteroatoms. The lowest BCUT2D eigenvalue weighted by Gasteiger charge is -2.11. The molecule has 0 saturated heterocycles. The van der Waals surface area contributed by atoms with Gasteiger partial charge >= 0.3 is 5.97 Å². The van der Waals surface area contributed by atoms with Crippen LogP contribution in [0.15, 0.2) is 70.9 Å². The quantitative estimate of drug-likeness (QED) is 0.210. The summed E-state index contributed by atoms with van der Waals surface area (Å²) in [4.78, 5) is 24.6. The molecular formula is C26H24N2O6. The summed E-state index contributed by atoms with van der Waals surface area (Å²) >= 11 is 0. The number of methoxy groups -OCH3 is 1. The summed E-state index contributed by atoms with van der Waals surface area (Å²) in [5.41, 5.74) is 1.53. The van der Waals surface area contributed by atoms with Gasteiger partial charge in [0.2, 0.25) is 0 Å². The van der Waals surface area contributed by atoms with Crippen LogP contribution in [-0.4, -0.2) is 25.6 Å². The zero-order valence-corrected chi connectivity index (χ0v) is 18.9. The van der Waals surface area contributed by atoms with Gasteiger partial charge in [-0.3, -0.25) is 4.79 Å². The fourth-order valence-corrected chi connectivity index (χ4v) is 3.00. The number of carbonyl (C=O) groups excluding carboxylic acids is 2. The lowest BCUT2D eigenvalue weighted by molar-refractivity contribution is -0.136. The highest BCUT2D eigenvalue weighted by Gasteiger charge is 2.14. The van der Waals surface area contributed by atoms with Crippen LogP contribution < -0.4 is 19.5 Å². The maximum Gasteiger partial charge on any atom is 0.349 e. The summed E-state index contributed by atoms with van der Waals surface area (Å²) in [7, 11) is 1.42. The molecule has 3 rings (SSSR count). The number of nitrogens with zero attached hydrogens (tertiary/aromatic N) is 1. The van der Waals surface area contributed by atoms with Crippen LogP contribution >= 0.6 is 0 Å². The second kappa shape index (κ2) is 11.9. The van der Waals surface area contributed by atoms with Crippen LogP contribution in [0, 0.1) is 11.3 Å². The van der Waals surface area contributed by atoms with Crippen LogP contribution in [0.4, 0.5) is 0 Å². The summed E-state index contributed by atoms with van der Waals surface area (Å²) in [6.07, 6.45) is 3.77. The Morgan fingerprint density at radius 3 is 2.68 bits per heavy atom. The van der Waals surface area contributed by atoms with Gasteiger partial charge in [0.1, 0.15) is 23.2 Å². The summed E-state index contributed by atoms with van der Waals surface area (Å²) < 4.78 is 21.3. The molecule has 1 N–H and O–H groups in total. The molecule has 3 aromatic rings. The van der Waals surface area contributed by atoms with E-state index >= 15 is 0 Å². The maximum atomic E-state index is 12.3. The first-order valence-electron chi connectivity index (χ1n) is 10.5. The van der Waals surface area contributed by atoms with E-state index in [0.29, 0.717) is 17.1 Å². The Labute approximate surface area is 197 Å². The van der Waals surface area contributed by atoms with Crippen molar-refractivity contribution in [3.8, 4) is 23.3 Å². The molecule has 0 aliphatic carbocycles. The molecule has 0 bridgehead atoms. The number of rotatable bonds is 10. The average Bonchev–Trinajstić information content (AvgIpc) is 3.39. The molecule has 8 nitrogen and oxygen atoms in total. The van der Waals surface area contributed by atoms with E-state index in [1.807, 2.05) is 31.2 Å². The zero-order chi connectivity index (χ0) is 24.3. The minimum Gasteiger partial charge on any atom is -0.493 e. The molecule has 0 atom stereocenters. The van der Waals surface area contributed by atoms with E-state index in [1.54, 1.807) is 30.3 Å². The Morgan fingerprint density at radius 1 is 1.12 bits per heavy atom. The van der Waals surface area contributed by atoms with Gasteiger partial charge in [-0.25, -0.2) is 4.79 Å². The van der Waals surface area contributed by atoms with Crippen LogP contribution in [0.1, 0.15) is 23.8 Å². The van der Waals surface area contributed by atoms with E-state index in [2.05, 4.69) is 5.32 Å². The van der Waals surface area contributed by atoms with Crippen molar-refractivity contribution in [3.05, 3.63) is 83.3 Å². The van der Waals surface area contributed by atoms with Gasteiger partial charge in [-0.1, -0.05) is 25.1 Å². The van der Waals surface area contributed by atoms with E-state index in [-0.39, 0.29) is 30.2 Å². The van der Waals surface area contributed by atoms with Gasteiger partial charge in [0.05, 0.1) is 19.9 Å². The molecule has 2 aromatic carbocycles. The topological polar surface area (TPSA) is 111 Å². The molecule has 1 heterocycles. The molecule has 0 radical (unpaired) electrons. The molecule has 0 fully saturated rings. The second-order valence-corrected chi connectivity index (χ2v) is 7.11. The number of hydrogen-bond acceptors (Lipinski definition) is 7. The van der Waals surface area contributed by atoms with E-state index in [9.17, 15) is 14.9 Å². The molecule has 0 aliphatic rings. The third kappa shape index (κ3) is 6.74. The number of benzene rings is 2. The van der Waals surface area contributed by atoms with Crippen molar-refractivity contribution in [2.24, 2.45) is 0 Å². The first-order chi connectivity index (χ1) is 16.5. The lowest BCUT2D eigenvalue weighted by Crippen LogP contribution is -2.23. The van der Waals surface area contributed by atoms with Crippen molar-refractivity contribution in [1.82, 2.24) is 5.32 Å². The van der Waals surface area contributed by atoms with Crippen molar-refractivity contribution in [2.75, 3.05) is 13.7 Å². The van der Waals surface area contributed by atoms with E-state index in [4.69, 9.17) is 18.6 Å². The monoisotopic (exact) mass is 460 g/mol. The molecule has 1 aromatic heterocycles. The normalized spacial score (nSPS) is 10.8. The van der Waals surface area contributed by atoms with Crippen molar-refractivity contribution >= 4 is 18.0 Å². The highest BCUT2D eigenvalue weighted by atomic mass is 16.6. The Morgan fingerprint density at radius 2 is 1.97 bits per heavy atom. The first kappa shape index (κ1) is 24.1. The van der Waals surface area contributed by atoms with Crippen LogP contribution in [0.5, 0.6) is 17.2 Å². The van der Waals surface area contributed by atoms with Crippen LogP contribution in [0.2, 0.25) is 0 Å². The molecule has 0 aliphatic heterocycles. The molecule has 0 saturated carbocycles. The summed E-state index contributed by atoms with van der Waals surface area (Å²) in [6.45, 7) is 1.92. The van der Waals surface area contributed by atoms with Gasteiger partial charge in [0.25, 0.3) is 5.91 Å². The maximum absolute atomic E-state index is 12.3. The van der Waals surface area contributed by atoms with Gasteiger partial charge in [-0.05, 0) is 60.0 Å². The van der Waals surface area contributed by atoms with Crippen molar-refractivity contribution in [1.29, 1.82) is 5.26 Å². The second-order valence-electron chi connectivity index (χ2n) is 7.11. The molecule has 174 valence electrons. The number of hydrogen-bond donors (Lipinski definition) is 1. The molecule has 34 heavy (non-hydrogen) atoms. The summed E-state index contributed by atoms with van der Waals surface area (Å²) in [6, 6.07) is 17.5. The largest absolute Gasteiger partial charge is 0.493 e. The molecule has 0 unspecified atom stereocenters. The first-order valence-corrected chi connectivity index (χ1v) is 10.5. The number of furan rings is 1. The molecule has 1 amide bonds. The average molecular weight is 460 g/mol. The van der Waals surface area contributed by atoms with Crippen LogP contribution in [0.25, 0.3) is 6.08 Å². The van der Waals surface area contributed by atoms with E-state index < -0.39 is 11.9 Å². The number of nitriles is 1. The van der Waals surface area contributed by atoms with Crippen LogP contribution in [-0.2, 0) is 22.6 Å². The molecule has 0 spiro atoms. The number of aryl methyl sites for hydroxylation is 1. The lowest BCUT2D eigenvalue weighted by atomic mass is 10.1. The minimum absolute atomic E-state index is 0.0962. The van der Waals surface area contributed by atoms with Crippen molar-refractivity contribution in [2.45, 2.75) is 19.9 Å². The Kier molecular flexibility index (Phi) is 8.47. The Bertz CT molecular complexity index is 1210. The number of carbonyl (C=O) groups is 2. The summed E-state index contributed by atoms with van der Waals surface area (Å²) in [5.74, 6) is 0.467. The third-order valence-electron chi connectivity index (χ3n) is 4.75. The third-order valence-corrected chi connectivity index (χ3v) is 4.75. The zero-order valence-electron chi connectivity index (χ0n) is 18.9. The van der Waals surface area contributed by atoms with E-state index in [1.165, 1.54) is 25.5 Å². The van der Waals surface area contributed by atoms with Gasteiger partial charge in [-0.2, -0.15) is 5.26 Å². The summed E-state index contributed by atoms with van der Waals surface area (Å²) in [5, 5.41) is 12.0. The van der Waals surface area contributed by atoms with Gasteiger partial charge in [0, 0.05) is 0 Å². The van der Waals surface area contributed by atoms with Crippen molar-refractivity contribution < 1.29 is 28.2 Å². The predicted molar refractivity (Wildman–Crippen MR) is 124 cm³/mol. The Hall–Kier alpha value is -4.51. The van der Waals surface area contributed by atoms with Gasteiger partial charge in [0.15, 0.2) is 18.1 Å². The Balaban J connectivity index is 1.63. The predicted octanol–water partition coefficient (Wildman–Crippen LogP) is 4.06. The van der Waals surface area contributed by atoms with E-state index in [0.717, 1.165) is 12.0 Å². The number of amides is 1. The number of nitrogens with one attached hydrogen (secondary N) is 1. The van der Waals surface area contributed by atoms with Gasteiger partial charge < -0.3 is 23.9 Å². The number of ether oxygens (including phenoxy) is 3. The SMILES string of the molecule is CCc1cccc(OCC(=O)Oc2ccc(/C=C(\C#N)C(=O)NCc3ccco3)cc2OC)c1. The smallest absolute Gasteiger partial charge is 0.349 e. The minimum atomic E-state index is -0.599. The fourth-order valence-electron chi connectivity index (χ4n) is 3.00. The highest BCUT2D eigenvalue weighted by molar-refractivity contribution is 6.01. The standard InChI is InChI=1S/C26H24N2O6/c1-3-18-6-4-7-21(13-18)33-17-25(29)34-23-10-9-19(14-24(23)31-2)12-20(15-27)26(30)28-16-22-8-5-11-32-22/h4-14H,3,16-17H2,1-2H3,(H,28,30)/b20-12+. The fraction of sp³-hybridized carbons (Fsp3) is 0.192. The van der Waals surface area contributed by atoms with Crippen LogP contribution in [0.3, 0.4) is 0 Å². The van der Waals surface area contributed by atoms with Gasteiger partial charge in [-0.15, -0.1) is 0 Å². The molecular weight excluding hydrogens is 436 g/mol. The highest BCUT2D eigenvalue weighted by Crippen LogP contribution is 2.29.